The summed E-state index contributed by atoms with van der Waals surface area (Å²) in [6.45, 7) is 0.840. The summed E-state index contributed by atoms with van der Waals surface area (Å²) in [4.78, 5) is 17.8. The van der Waals surface area contributed by atoms with Crippen LogP contribution in [0.15, 0.2) is 60.9 Å². The molecule has 1 N–H and O–H groups in total. The topological polar surface area (TPSA) is 42.0 Å². The molecule has 2 heterocycles. The van der Waals surface area contributed by atoms with Crippen LogP contribution in [0.3, 0.4) is 0 Å². The number of rotatable bonds is 4. The molecule has 6 heteroatoms. The van der Waals surface area contributed by atoms with Gasteiger partial charge < -0.3 is 5.32 Å². The molecule has 3 nitrogen and oxygen atoms in total. The van der Waals surface area contributed by atoms with E-state index in [9.17, 15) is 13.6 Å². The zero-order chi connectivity index (χ0) is 17.2. The fraction of sp³-hybridized carbons (Fsp3) is 0.111. The van der Waals surface area contributed by atoms with E-state index in [0.29, 0.717) is 10.6 Å². The molecule has 0 bridgehead atoms. The summed E-state index contributed by atoms with van der Waals surface area (Å²) in [6, 6.07) is 12.9. The van der Waals surface area contributed by atoms with Crippen LogP contribution >= 0.6 is 11.3 Å². The maximum Gasteiger partial charge on any atom is 0.270 e. The lowest BCUT2D eigenvalue weighted by atomic mass is 10.1. The van der Waals surface area contributed by atoms with Crippen molar-refractivity contribution in [2.75, 3.05) is 5.32 Å². The van der Waals surface area contributed by atoms with Crippen molar-refractivity contribution in [1.29, 1.82) is 0 Å². The molecule has 0 fully saturated rings. The number of benzene rings is 1. The molecule has 0 aliphatic carbocycles. The molecule has 1 amide bonds. The summed E-state index contributed by atoms with van der Waals surface area (Å²) in [7, 11) is 0. The van der Waals surface area contributed by atoms with Crippen LogP contribution in [0.2, 0.25) is 0 Å². The van der Waals surface area contributed by atoms with Gasteiger partial charge in [-0.2, -0.15) is 0 Å². The maximum atomic E-state index is 13.2. The number of hydrogen-bond donors (Lipinski definition) is 1. The maximum absolute atomic E-state index is 13.2. The number of alkyl halides is 2. The molecule has 0 unspecified atom stereocenters. The molecule has 24 heavy (non-hydrogen) atoms. The fourth-order valence-electron chi connectivity index (χ4n) is 2.17. The lowest BCUT2D eigenvalue weighted by Gasteiger charge is -2.11. The monoisotopic (exact) mass is 344 g/mol. The lowest BCUT2D eigenvalue weighted by Crippen LogP contribution is -2.11. The Balaban J connectivity index is 1.73. The first-order chi connectivity index (χ1) is 11.4. The van der Waals surface area contributed by atoms with Crippen LogP contribution in [0.1, 0.15) is 22.2 Å². The average Bonchev–Trinajstić information content (AvgIpc) is 3.05. The number of thiophene rings is 1. The van der Waals surface area contributed by atoms with E-state index in [1.54, 1.807) is 18.5 Å². The van der Waals surface area contributed by atoms with Gasteiger partial charge in [0.25, 0.3) is 11.8 Å². The van der Waals surface area contributed by atoms with Crippen LogP contribution in [-0.4, -0.2) is 10.9 Å². The molecule has 0 aliphatic heterocycles. The minimum Gasteiger partial charge on any atom is -0.321 e. The first kappa shape index (κ1) is 16.3. The van der Waals surface area contributed by atoms with E-state index in [2.05, 4.69) is 10.3 Å². The molecule has 2 aromatic heterocycles. The number of anilines is 1. The third kappa shape index (κ3) is 3.65. The smallest absolute Gasteiger partial charge is 0.270 e. The number of aromatic nitrogens is 1. The van der Waals surface area contributed by atoms with E-state index < -0.39 is 5.92 Å². The van der Waals surface area contributed by atoms with Crippen molar-refractivity contribution < 1.29 is 13.6 Å². The highest BCUT2D eigenvalue weighted by molar-refractivity contribution is 7.17. The lowest BCUT2D eigenvalue weighted by molar-refractivity contribution is 0.0175. The van der Waals surface area contributed by atoms with Crippen LogP contribution in [0.5, 0.6) is 0 Å². The van der Waals surface area contributed by atoms with Gasteiger partial charge in [-0.25, -0.2) is 8.78 Å². The van der Waals surface area contributed by atoms with Crippen LogP contribution < -0.4 is 5.32 Å². The molecule has 0 spiro atoms. The van der Waals surface area contributed by atoms with Crippen molar-refractivity contribution in [2.24, 2.45) is 0 Å². The van der Waals surface area contributed by atoms with Crippen LogP contribution in [0.4, 0.5) is 14.5 Å². The van der Waals surface area contributed by atoms with E-state index in [1.807, 2.05) is 18.2 Å². The van der Waals surface area contributed by atoms with Gasteiger partial charge >= 0.3 is 0 Å². The van der Waals surface area contributed by atoms with Gasteiger partial charge in [-0.05, 0) is 42.0 Å². The first-order valence-corrected chi connectivity index (χ1v) is 8.05. The van der Waals surface area contributed by atoms with E-state index in [0.717, 1.165) is 17.4 Å². The molecule has 0 saturated heterocycles. The van der Waals surface area contributed by atoms with E-state index in [4.69, 9.17) is 0 Å². The van der Waals surface area contributed by atoms with Gasteiger partial charge in [0.1, 0.15) is 0 Å². The Hall–Kier alpha value is -2.60. The molecule has 122 valence electrons. The summed E-state index contributed by atoms with van der Waals surface area (Å²) in [6.07, 6.45) is 3.39. The third-order valence-corrected chi connectivity index (χ3v) is 4.58. The van der Waals surface area contributed by atoms with Gasteiger partial charge in [0.2, 0.25) is 0 Å². The number of pyridine rings is 1. The normalized spacial score (nSPS) is 11.3. The standard InChI is InChI=1S/C18H14F2N2OS/c1-18(19,20)13-2-4-14(5-3-13)22-17(23)16-7-6-15(24-16)12-8-10-21-11-9-12/h2-11H,1H3,(H,22,23). The first-order valence-electron chi connectivity index (χ1n) is 7.23. The van der Waals surface area contributed by atoms with E-state index in [1.165, 1.54) is 35.6 Å². The molecule has 0 atom stereocenters. The average molecular weight is 344 g/mol. The zero-order valence-corrected chi connectivity index (χ0v) is 13.6. The Bertz CT molecular complexity index is 839. The number of carbonyl (C=O) groups is 1. The van der Waals surface area contributed by atoms with Gasteiger partial charge in [0.05, 0.1) is 4.88 Å². The van der Waals surface area contributed by atoms with Crippen molar-refractivity contribution in [3.05, 3.63) is 71.4 Å². The highest BCUT2D eigenvalue weighted by atomic mass is 32.1. The molecule has 0 saturated carbocycles. The Morgan fingerprint density at radius 3 is 2.33 bits per heavy atom. The molecule has 0 radical (unpaired) electrons. The molecule has 3 aromatic rings. The van der Waals surface area contributed by atoms with Crippen LogP contribution in [-0.2, 0) is 5.92 Å². The minimum absolute atomic E-state index is 0.0865. The van der Waals surface area contributed by atoms with Gasteiger partial charge in [-0.3, -0.25) is 9.78 Å². The highest BCUT2D eigenvalue weighted by Crippen LogP contribution is 2.29. The molecular weight excluding hydrogens is 330 g/mol. The Kier molecular flexibility index (Phi) is 4.40. The second-order valence-electron chi connectivity index (χ2n) is 5.32. The summed E-state index contributed by atoms with van der Waals surface area (Å²) < 4.78 is 26.4. The SMILES string of the molecule is CC(F)(F)c1ccc(NC(=O)c2ccc(-c3ccncc3)s2)cc1. The van der Waals surface area contributed by atoms with Crippen molar-refractivity contribution in [1.82, 2.24) is 4.98 Å². The van der Waals surface area contributed by atoms with Crippen LogP contribution in [0, 0.1) is 0 Å². The van der Waals surface area contributed by atoms with Crippen molar-refractivity contribution in [3.8, 4) is 10.4 Å². The summed E-state index contributed by atoms with van der Waals surface area (Å²) in [5.41, 5.74) is 1.38. The molecular formula is C18H14F2N2OS. The quantitative estimate of drug-likeness (QED) is 0.709. The summed E-state index contributed by atoms with van der Waals surface area (Å²) >= 11 is 1.36. The number of amides is 1. The van der Waals surface area contributed by atoms with Crippen LogP contribution in [0.25, 0.3) is 10.4 Å². The Morgan fingerprint density at radius 2 is 1.71 bits per heavy atom. The fourth-order valence-corrected chi connectivity index (χ4v) is 3.08. The van der Waals surface area contributed by atoms with Gasteiger partial charge in [0.15, 0.2) is 0 Å². The van der Waals surface area contributed by atoms with E-state index in [-0.39, 0.29) is 11.5 Å². The number of carbonyl (C=O) groups excluding carboxylic acids is 1. The summed E-state index contributed by atoms with van der Waals surface area (Å²) in [5.74, 6) is -3.16. The molecule has 3 rings (SSSR count). The highest BCUT2D eigenvalue weighted by Gasteiger charge is 2.23. The number of hydrogen-bond acceptors (Lipinski definition) is 3. The van der Waals surface area contributed by atoms with Gasteiger partial charge in [-0.1, -0.05) is 12.1 Å². The van der Waals surface area contributed by atoms with Crippen molar-refractivity contribution in [3.63, 3.8) is 0 Å². The largest absolute Gasteiger partial charge is 0.321 e. The number of nitrogens with zero attached hydrogens (tertiary/aromatic N) is 1. The number of halogens is 2. The molecule has 1 aromatic carbocycles. The minimum atomic E-state index is -2.89. The third-order valence-electron chi connectivity index (χ3n) is 3.44. The summed E-state index contributed by atoms with van der Waals surface area (Å²) in [5, 5.41) is 2.72. The second-order valence-corrected chi connectivity index (χ2v) is 6.40. The second kappa shape index (κ2) is 6.49. The van der Waals surface area contributed by atoms with Crippen molar-refractivity contribution in [2.45, 2.75) is 12.8 Å². The Morgan fingerprint density at radius 1 is 1.04 bits per heavy atom. The van der Waals surface area contributed by atoms with Gasteiger partial charge in [-0.15, -0.1) is 11.3 Å². The van der Waals surface area contributed by atoms with Gasteiger partial charge in [0, 0.05) is 35.4 Å². The molecule has 0 aliphatic rings. The predicted molar refractivity (Wildman–Crippen MR) is 91.5 cm³/mol. The predicted octanol–water partition coefficient (Wildman–Crippen LogP) is 5.17. The van der Waals surface area contributed by atoms with E-state index >= 15 is 0 Å². The number of nitrogens with one attached hydrogen (secondary N) is 1. The van der Waals surface area contributed by atoms with Crippen molar-refractivity contribution >= 4 is 22.9 Å². The zero-order valence-electron chi connectivity index (χ0n) is 12.8. The Labute approximate surface area is 142 Å².